The lowest BCUT2D eigenvalue weighted by Crippen LogP contribution is -2.59. The molecule has 41 heavy (non-hydrogen) atoms. The summed E-state index contributed by atoms with van der Waals surface area (Å²) >= 11 is 7.75. The Labute approximate surface area is 247 Å². The lowest BCUT2D eigenvalue weighted by molar-refractivity contribution is -0.145. The number of primary amides is 1. The minimum Gasteiger partial charge on any atom is -0.368 e. The van der Waals surface area contributed by atoms with Crippen molar-refractivity contribution in [2.24, 2.45) is 5.73 Å². The molecule has 3 aromatic carbocycles. The molecule has 1 heterocycles. The Kier molecular flexibility index (Phi) is 9.68. The molecule has 0 radical (unpaired) electrons. The monoisotopic (exact) mass is 600 g/mol. The molecular weight excluding hydrogens is 570 g/mol. The van der Waals surface area contributed by atoms with E-state index in [9.17, 15) is 23.2 Å². The Morgan fingerprint density at radius 2 is 1.71 bits per heavy atom. The van der Waals surface area contributed by atoms with Gasteiger partial charge in [-0.1, -0.05) is 41.9 Å². The van der Waals surface area contributed by atoms with E-state index in [2.05, 4.69) is 0 Å². The molecule has 0 spiro atoms. The fraction of sp³-hybridized carbons (Fsp3) is 0.300. The van der Waals surface area contributed by atoms with Crippen molar-refractivity contribution in [2.45, 2.75) is 35.6 Å². The van der Waals surface area contributed by atoms with E-state index in [4.69, 9.17) is 17.3 Å². The number of benzene rings is 3. The van der Waals surface area contributed by atoms with Gasteiger partial charge in [0.25, 0.3) is 5.91 Å². The minimum atomic E-state index is -1.21. The van der Waals surface area contributed by atoms with Gasteiger partial charge in [-0.25, -0.2) is 8.78 Å². The predicted octanol–water partition coefficient (Wildman–Crippen LogP) is 4.67. The van der Waals surface area contributed by atoms with Crippen LogP contribution in [-0.2, 0) is 20.8 Å². The first-order valence-corrected chi connectivity index (χ1v) is 14.2. The number of halogens is 3. The smallest absolute Gasteiger partial charge is 0.251 e. The Hall–Kier alpha value is -3.47. The molecule has 0 fully saturated rings. The third-order valence-electron chi connectivity index (χ3n) is 6.86. The first-order chi connectivity index (χ1) is 19.5. The molecule has 0 aromatic heterocycles. The van der Waals surface area contributed by atoms with Gasteiger partial charge in [-0.2, -0.15) is 0 Å². The molecule has 7 nitrogen and oxygen atoms in total. The minimum absolute atomic E-state index is 0.0682. The molecule has 3 atom stereocenters. The lowest BCUT2D eigenvalue weighted by Gasteiger charge is -2.39. The van der Waals surface area contributed by atoms with Crippen LogP contribution in [0.4, 0.5) is 14.5 Å². The maximum Gasteiger partial charge on any atom is 0.251 e. The average Bonchev–Trinajstić information content (AvgIpc) is 3.01. The van der Waals surface area contributed by atoms with Crippen LogP contribution in [0.2, 0.25) is 5.02 Å². The number of fused-ring (bicyclic) bond motifs is 1. The largest absolute Gasteiger partial charge is 0.368 e. The number of carbonyl (C=O) groups is 3. The van der Waals surface area contributed by atoms with E-state index in [0.29, 0.717) is 23.3 Å². The highest BCUT2D eigenvalue weighted by Gasteiger charge is 2.46. The highest BCUT2D eigenvalue weighted by Crippen LogP contribution is 2.48. The Bertz CT molecular complexity index is 1420. The molecule has 0 aliphatic carbocycles. The van der Waals surface area contributed by atoms with Gasteiger partial charge in [0.15, 0.2) is 0 Å². The number of likely N-dealkylation sites (N-methyl/N-ethyl adjacent to an activating group) is 1. The highest BCUT2D eigenvalue weighted by molar-refractivity contribution is 7.99. The van der Waals surface area contributed by atoms with Crippen LogP contribution in [0.5, 0.6) is 0 Å². The number of rotatable bonds is 9. The number of nitrogens with zero attached hydrogens (tertiary/aromatic N) is 3. The summed E-state index contributed by atoms with van der Waals surface area (Å²) in [5, 5.41) is -0.212. The van der Waals surface area contributed by atoms with Crippen molar-refractivity contribution in [2.75, 3.05) is 32.1 Å². The van der Waals surface area contributed by atoms with Crippen molar-refractivity contribution in [1.29, 1.82) is 0 Å². The molecule has 216 valence electrons. The van der Waals surface area contributed by atoms with Crippen molar-refractivity contribution in [3.8, 4) is 0 Å². The molecule has 0 unspecified atom stereocenters. The second-order valence-electron chi connectivity index (χ2n) is 10.1. The van der Waals surface area contributed by atoms with Crippen LogP contribution < -0.4 is 10.6 Å². The summed E-state index contributed by atoms with van der Waals surface area (Å²) in [5.74, 6) is -3.60. The summed E-state index contributed by atoms with van der Waals surface area (Å²) in [5.41, 5.74) is 7.12. The fourth-order valence-corrected chi connectivity index (χ4v) is 6.37. The number of anilines is 1. The second kappa shape index (κ2) is 13.0. The Morgan fingerprint density at radius 3 is 2.32 bits per heavy atom. The van der Waals surface area contributed by atoms with Gasteiger partial charge in [-0.15, -0.1) is 11.8 Å². The zero-order valence-corrected chi connectivity index (χ0v) is 24.5. The second-order valence-corrected chi connectivity index (χ2v) is 11.8. The van der Waals surface area contributed by atoms with E-state index < -0.39 is 53.1 Å². The van der Waals surface area contributed by atoms with Gasteiger partial charge in [0.2, 0.25) is 11.8 Å². The maximum absolute atomic E-state index is 14.6. The molecule has 4 rings (SSSR count). The topological polar surface area (TPSA) is 86.9 Å². The molecule has 11 heteroatoms. The molecule has 1 aliphatic rings. The summed E-state index contributed by atoms with van der Waals surface area (Å²) in [6.45, 7) is 2.23. The van der Waals surface area contributed by atoms with Crippen molar-refractivity contribution < 1.29 is 23.2 Å². The van der Waals surface area contributed by atoms with Crippen LogP contribution in [0.3, 0.4) is 0 Å². The number of hydrogen-bond acceptors (Lipinski definition) is 5. The maximum atomic E-state index is 14.6. The zero-order valence-electron chi connectivity index (χ0n) is 22.9. The summed E-state index contributed by atoms with van der Waals surface area (Å²) in [7, 11) is 3.76. The number of hydrogen-bond donors (Lipinski definition) is 1. The molecular formula is C30H31ClF2N4O3S. The molecule has 2 N–H and O–H groups in total. The van der Waals surface area contributed by atoms with E-state index in [1.807, 2.05) is 55.4 Å². The van der Waals surface area contributed by atoms with Crippen LogP contribution in [0.25, 0.3) is 0 Å². The van der Waals surface area contributed by atoms with Crippen molar-refractivity contribution in [3.63, 3.8) is 0 Å². The average molecular weight is 601 g/mol. The first kappa shape index (κ1) is 30.5. The van der Waals surface area contributed by atoms with Gasteiger partial charge in [0.05, 0.1) is 17.4 Å². The van der Waals surface area contributed by atoms with Crippen molar-refractivity contribution >= 4 is 46.8 Å². The van der Waals surface area contributed by atoms with Crippen molar-refractivity contribution in [1.82, 2.24) is 9.80 Å². The molecule has 0 bridgehead atoms. The summed E-state index contributed by atoms with van der Waals surface area (Å²) in [4.78, 5) is 46.7. The van der Waals surface area contributed by atoms with E-state index in [-0.39, 0.29) is 12.1 Å². The predicted molar refractivity (Wildman–Crippen MR) is 157 cm³/mol. The summed E-state index contributed by atoms with van der Waals surface area (Å²) in [6.07, 6.45) is -0.446. The number of thioether (sulfide) groups is 1. The number of nitrogens with two attached hydrogens (primary N) is 1. The standard InChI is InChI=1S/C30H31ClF2N4O3S/c1-18(29(34)39)37(26(38)15-19-13-22(32)17-23(33)14-19)27-28(20-7-5-4-6-8-20)41-25-10-9-21(31)16-24(25)36(30(27)40)12-11-35(2)3/h4-10,13-14,16-18,27-28H,11-12,15H2,1-3H3,(H2,34,39)/t18-,27-,28+/m0/s1. The lowest BCUT2D eigenvalue weighted by atomic mass is 9.99. The van der Waals surface area contributed by atoms with E-state index in [1.54, 1.807) is 17.0 Å². The van der Waals surface area contributed by atoms with Crippen LogP contribution in [-0.4, -0.2) is 66.8 Å². The van der Waals surface area contributed by atoms with Gasteiger partial charge >= 0.3 is 0 Å². The molecule has 1 aliphatic heterocycles. The summed E-state index contributed by atoms with van der Waals surface area (Å²) in [6, 6.07) is 14.9. The fourth-order valence-electron chi connectivity index (χ4n) is 4.83. The van der Waals surface area contributed by atoms with Crippen molar-refractivity contribution in [3.05, 3.63) is 94.5 Å². The normalized spacial score (nSPS) is 17.6. The van der Waals surface area contributed by atoms with Gasteiger partial charge in [-0.05, 0) is 62.5 Å². The van der Waals surface area contributed by atoms with E-state index in [0.717, 1.165) is 22.6 Å². The highest BCUT2D eigenvalue weighted by atomic mass is 35.5. The van der Waals surface area contributed by atoms with Gasteiger partial charge in [0, 0.05) is 29.1 Å². The quantitative estimate of drug-likeness (QED) is 0.386. The SMILES string of the molecule is C[C@@H](C(N)=O)N(C(=O)Cc1cc(F)cc(F)c1)[C@@H]1C(=O)N(CCN(C)C)c2cc(Cl)ccc2S[C@@H]1c1ccccc1. The van der Waals surface area contributed by atoms with Gasteiger partial charge in [0.1, 0.15) is 23.7 Å². The van der Waals surface area contributed by atoms with E-state index >= 15 is 0 Å². The molecule has 3 aromatic rings. The Morgan fingerprint density at radius 1 is 1.05 bits per heavy atom. The summed E-state index contributed by atoms with van der Waals surface area (Å²) < 4.78 is 28.0. The first-order valence-electron chi connectivity index (χ1n) is 13.0. The third kappa shape index (κ3) is 7.06. The van der Waals surface area contributed by atoms with Crippen LogP contribution in [0, 0.1) is 11.6 Å². The van der Waals surface area contributed by atoms with Gasteiger partial charge < -0.3 is 20.4 Å². The molecule has 0 saturated carbocycles. The number of carbonyl (C=O) groups excluding carboxylic acids is 3. The van der Waals surface area contributed by atoms with Crippen LogP contribution in [0.15, 0.2) is 71.6 Å². The van der Waals surface area contributed by atoms with Crippen LogP contribution in [0.1, 0.15) is 23.3 Å². The third-order valence-corrected chi connectivity index (χ3v) is 8.48. The number of amides is 3. The van der Waals surface area contributed by atoms with E-state index in [1.165, 1.54) is 23.6 Å². The van der Waals surface area contributed by atoms with Gasteiger partial charge in [-0.3, -0.25) is 14.4 Å². The zero-order chi connectivity index (χ0) is 29.8. The Balaban J connectivity index is 1.89. The molecule has 0 saturated heterocycles. The van der Waals surface area contributed by atoms with Crippen LogP contribution >= 0.6 is 23.4 Å². The molecule has 3 amide bonds.